The maximum atomic E-state index is 13.2. The number of piperidine rings is 1. The second-order valence-corrected chi connectivity index (χ2v) is 15.8. The van der Waals surface area contributed by atoms with Crippen molar-refractivity contribution < 1.29 is 9.30 Å². The van der Waals surface area contributed by atoms with E-state index >= 15 is 0 Å². The third-order valence-electron chi connectivity index (χ3n) is 8.86. The first-order valence-electron chi connectivity index (χ1n) is 15.0. The number of ether oxygens (including phenoxy) is 1. The first kappa shape index (κ1) is 31.6. The zero-order valence-electron chi connectivity index (χ0n) is 26.5. The van der Waals surface area contributed by atoms with Gasteiger partial charge in [0.1, 0.15) is 17.9 Å². The molecule has 3 heterocycles. The Labute approximate surface area is 261 Å². The van der Waals surface area contributed by atoms with Crippen LogP contribution in [-0.2, 0) is 4.57 Å². The SMILES string of the molecule is COc1cc(N2CCC(N3CCN(C)CC3)CC2)c(C)cc1Nc1ncc(Cl)c(Nc2ccc(C)c(C)c2P(C)(C)=O)n1. The van der Waals surface area contributed by atoms with E-state index in [0.29, 0.717) is 22.8 Å². The Morgan fingerprint density at radius 2 is 1.65 bits per heavy atom. The number of anilines is 5. The van der Waals surface area contributed by atoms with Crippen LogP contribution in [0.4, 0.5) is 28.8 Å². The summed E-state index contributed by atoms with van der Waals surface area (Å²) in [6.07, 6.45) is 3.91. The Kier molecular flexibility index (Phi) is 9.57. The molecule has 2 aliphatic rings. The number of aromatic nitrogens is 2. The summed E-state index contributed by atoms with van der Waals surface area (Å²) in [5, 5.41) is 7.83. The molecule has 2 fully saturated rings. The number of piperazine rings is 1. The van der Waals surface area contributed by atoms with E-state index in [9.17, 15) is 4.57 Å². The zero-order valence-corrected chi connectivity index (χ0v) is 28.1. The number of methoxy groups -OCH3 is 1. The van der Waals surface area contributed by atoms with Gasteiger partial charge in [0.25, 0.3) is 0 Å². The minimum atomic E-state index is -2.57. The average Bonchev–Trinajstić information content (AvgIpc) is 2.97. The van der Waals surface area contributed by atoms with Crippen molar-refractivity contribution >= 4 is 52.9 Å². The number of nitrogens with zero attached hydrogens (tertiary/aromatic N) is 5. The van der Waals surface area contributed by atoms with Crippen molar-refractivity contribution in [3.8, 4) is 5.75 Å². The van der Waals surface area contributed by atoms with E-state index in [1.165, 1.54) is 31.6 Å². The molecule has 0 radical (unpaired) electrons. The molecule has 3 aromatic rings. The molecule has 232 valence electrons. The van der Waals surface area contributed by atoms with Gasteiger partial charge < -0.3 is 29.7 Å². The molecule has 2 saturated heterocycles. The van der Waals surface area contributed by atoms with Gasteiger partial charge in [-0.25, -0.2) is 4.98 Å². The lowest BCUT2D eigenvalue weighted by molar-refractivity contribution is 0.0982. The summed E-state index contributed by atoms with van der Waals surface area (Å²) < 4.78 is 19.0. The van der Waals surface area contributed by atoms with E-state index in [4.69, 9.17) is 16.3 Å². The topological polar surface area (TPSA) is 85.9 Å². The second-order valence-electron chi connectivity index (χ2n) is 12.3. The number of halogens is 1. The molecule has 0 atom stereocenters. The van der Waals surface area contributed by atoms with E-state index in [1.54, 1.807) is 26.6 Å². The smallest absolute Gasteiger partial charge is 0.229 e. The summed E-state index contributed by atoms with van der Waals surface area (Å²) in [5.41, 5.74) is 5.97. The third kappa shape index (κ3) is 7.12. The van der Waals surface area contributed by atoms with Crippen LogP contribution in [0.3, 0.4) is 0 Å². The molecular formula is C32H45ClN7O2P. The first-order valence-corrected chi connectivity index (χ1v) is 18.0. The number of hydrogen-bond donors (Lipinski definition) is 2. The molecular weight excluding hydrogens is 581 g/mol. The Morgan fingerprint density at radius 1 is 0.953 bits per heavy atom. The van der Waals surface area contributed by atoms with E-state index in [2.05, 4.69) is 61.4 Å². The number of aryl methyl sites for hydroxylation is 2. The normalized spacial score (nSPS) is 17.3. The van der Waals surface area contributed by atoms with Gasteiger partial charge in [0, 0.05) is 62.4 Å². The highest BCUT2D eigenvalue weighted by molar-refractivity contribution is 7.70. The fourth-order valence-corrected chi connectivity index (χ4v) is 8.14. The monoisotopic (exact) mass is 625 g/mol. The molecule has 2 N–H and O–H groups in total. The maximum absolute atomic E-state index is 13.2. The summed E-state index contributed by atoms with van der Waals surface area (Å²) in [5.74, 6) is 1.55. The van der Waals surface area contributed by atoms with Crippen LogP contribution in [0.15, 0.2) is 30.5 Å². The lowest BCUT2D eigenvalue weighted by atomic mass is 10.0. The van der Waals surface area contributed by atoms with Crippen molar-refractivity contribution in [3.05, 3.63) is 52.2 Å². The van der Waals surface area contributed by atoms with E-state index in [1.807, 2.05) is 26.0 Å². The minimum absolute atomic E-state index is 0.371. The molecule has 0 spiro atoms. The van der Waals surface area contributed by atoms with Crippen LogP contribution >= 0.6 is 18.7 Å². The fraction of sp³-hybridized carbons (Fsp3) is 0.500. The number of likely N-dealkylation sites (N-methyl/N-ethyl adjacent to an activating group) is 1. The second kappa shape index (κ2) is 13.0. The molecule has 0 aliphatic carbocycles. The maximum Gasteiger partial charge on any atom is 0.229 e. The molecule has 5 rings (SSSR count). The predicted molar refractivity (Wildman–Crippen MR) is 181 cm³/mol. The van der Waals surface area contributed by atoms with E-state index < -0.39 is 7.14 Å². The lowest BCUT2D eigenvalue weighted by Crippen LogP contribution is -2.52. The van der Waals surface area contributed by atoms with Gasteiger partial charge in [-0.2, -0.15) is 4.98 Å². The highest BCUT2D eigenvalue weighted by Gasteiger charge is 2.28. The van der Waals surface area contributed by atoms with Gasteiger partial charge in [-0.05, 0) is 82.8 Å². The van der Waals surface area contributed by atoms with Gasteiger partial charge in [0.2, 0.25) is 5.95 Å². The molecule has 0 saturated carbocycles. The molecule has 11 heteroatoms. The third-order valence-corrected chi connectivity index (χ3v) is 10.8. The fourth-order valence-electron chi connectivity index (χ4n) is 6.30. The van der Waals surface area contributed by atoms with Crippen LogP contribution < -0.4 is 25.6 Å². The number of benzene rings is 2. The van der Waals surface area contributed by atoms with Crippen LogP contribution in [0.5, 0.6) is 5.75 Å². The van der Waals surface area contributed by atoms with Crippen LogP contribution in [0.2, 0.25) is 5.02 Å². The summed E-state index contributed by atoms with van der Waals surface area (Å²) in [6.45, 7) is 16.4. The van der Waals surface area contributed by atoms with Gasteiger partial charge >= 0.3 is 0 Å². The quantitative estimate of drug-likeness (QED) is 0.292. The highest BCUT2D eigenvalue weighted by Crippen LogP contribution is 2.41. The van der Waals surface area contributed by atoms with Crippen LogP contribution in [0.1, 0.15) is 29.5 Å². The Hall–Kier alpha value is -2.84. The minimum Gasteiger partial charge on any atom is -0.494 e. The van der Waals surface area contributed by atoms with Crippen LogP contribution in [-0.4, -0.2) is 92.6 Å². The molecule has 0 amide bonds. The average molecular weight is 626 g/mol. The van der Waals surface area contributed by atoms with Crippen LogP contribution in [0, 0.1) is 20.8 Å². The first-order chi connectivity index (χ1) is 20.4. The zero-order chi connectivity index (χ0) is 30.9. The standard InChI is InChI=1S/C32H45ClN7O2P/c1-21-8-9-26(30(23(21)3)43(6,7)41)35-31-25(33)20-34-32(37-31)36-27-18-22(2)28(19-29(27)42-5)40-12-10-24(11-13-40)39-16-14-38(4)15-17-39/h8-9,18-20,24H,10-17H2,1-7H3,(H2,34,35,36,37). The van der Waals surface area contributed by atoms with Crippen molar-refractivity contribution in [1.29, 1.82) is 0 Å². The van der Waals surface area contributed by atoms with Crippen molar-refractivity contribution in [2.24, 2.45) is 0 Å². The summed E-state index contributed by atoms with van der Waals surface area (Å²) in [7, 11) is 1.32. The van der Waals surface area contributed by atoms with Crippen LogP contribution in [0.25, 0.3) is 0 Å². The van der Waals surface area contributed by atoms with Gasteiger partial charge in [-0.1, -0.05) is 17.7 Å². The Balaban J connectivity index is 1.33. The molecule has 2 aliphatic heterocycles. The molecule has 43 heavy (non-hydrogen) atoms. The molecule has 1 aromatic heterocycles. The largest absolute Gasteiger partial charge is 0.494 e. The van der Waals surface area contributed by atoms with Crippen molar-refractivity contribution in [2.75, 3.05) is 82.3 Å². The summed E-state index contributed by atoms with van der Waals surface area (Å²) in [6, 6.07) is 8.82. The van der Waals surface area contributed by atoms with Gasteiger partial charge in [-0.15, -0.1) is 0 Å². The van der Waals surface area contributed by atoms with Gasteiger partial charge in [-0.3, -0.25) is 4.90 Å². The van der Waals surface area contributed by atoms with E-state index in [0.717, 1.165) is 65.3 Å². The Bertz CT molecular complexity index is 1510. The molecule has 0 bridgehead atoms. The van der Waals surface area contributed by atoms with Crippen molar-refractivity contribution in [1.82, 2.24) is 19.8 Å². The number of nitrogens with one attached hydrogen (secondary N) is 2. The number of rotatable bonds is 8. The number of hydrogen-bond acceptors (Lipinski definition) is 9. The summed E-state index contributed by atoms with van der Waals surface area (Å²) in [4.78, 5) is 16.7. The molecule has 2 aromatic carbocycles. The molecule has 9 nitrogen and oxygen atoms in total. The highest BCUT2D eigenvalue weighted by atomic mass is 35.5. The predicted octanol–water partition coefficient (Wildman–Crippen LogP) is 6.02. The molecule has 0 unspecified atom stereocenters. The van der Waals surface area contributed by atoms with Crippen molar-refractivity contribution in [3.63, 3.8) is 0 Å². The van der Waals surface area contributed by atoms with Gasteiger partial charge in [0.15, 0.2) is 5.82 Å². The van der Waals surface area contributed by atoms with Crippen molar-refractivity contribution in [2.45, 2.75) is 39.7 Å². The summed E-state index contributed by atoms with van der Waals surface area (Å²) >= 11 is 6.52. The van der Waals surface area contributed by atoms with E-state index in [-0.39, 0.29) is 0 Å². The Morgan fingerprint density at radius 3 is 2.30 bits per heavy atom. The lowest BCUT2D eigenvalue weighted by Gasteiger charge is -2.43. The van der Waals surface area contributed by atoms with Gasteiger partial charge in [0.05, 0.1) is 24.7 Å².